The first-order chi connectivity index (χ1) is 15.1. The number of nitrogens with zero attached hydrogens (tertiary/aromatic N) is 4. The molecule has 1 aliphatic carbocycles. The lowest BCUT2D eigenvalue weighted by Gasteiger charge is -2.24. The third-order valence-electron chi connectivity index (χ3n) is 6.11. The van der Waals surface area contributed by atoms with E-state index in [0.717, 1.165) is 23.3 Å². The second kappa shape index (κ2) is 8.20. The van der Waals surface area contributed by atoms with Gasteiger partial charge in [-0.25, -0.2) is 18.7 Å². The minimum absolute atomic E-state index is 0.0353. The van der Waals surface area contributed by atoms with Crippen LogP contribution in [0, 0.1) is 5.92 Å². The maximum absolute atomic E-state index is 14.6. The number of fused-ring (bicyclic) bond motifs is 1. The average molecular weight is 444 g/mol. The highest BCUT2D eigenvalue weighted by atomic mass is 19.1. The number of nitrogen functional groups attached to an aromatic ring is 1. The van der Waals surface area contributed by atoms with Crippen molar-refractivity contribution in [2.75, 3.05) is 25.4 Å². The third-order valence-corrected chi connectivity index (χ3v) is 6.11. The molecule has 0 spiro atoms. The van der Waals surface area contributed by atoms with E-state index in [4.69, 9.17) is 10.5 Å². The largest absolute Gasteiger partial charge is 0.444 e. The molecule has 172 valence electrons. The van der Waals surface area contributed by atoms with Crippen LogP contribution >= 0.6 is 0 Å². The Kier molecular flexibility index (Phi) is 5.70. The Morgan fingerprint density at radius 1 is 1.41 bits per heavy atom. The summed E-state index contributed by atoms with van der Waals surface area (Å²) in [6.07, 6.45) is 3.87. The average Bonchev–Trinajstić information content (AvgIpc) is 3.32. The minimum Gasteiger partial charge on any atom is -0.444 e. The van der Waals surface area contributed by atoms with Gasteiger partial charge >= 0.3 is 6.09 Å². The van der Waals surface area contributed by atoms with Gasteiger partial charge in [-0.05, 0) is 62.8 Å². The van der Waals surface area contributed by atoms with Crippen LogP contribution in [0.15, 0.2) is 29.9 Å². The SMILES string of the molecule is CC1CC(c2cc(C3CCN(C(=O)OC(C)(C)C)C3)n3ncnc(N)c23)=CC(F)=C1CO. The van der Waals surface area contributed by atoms with Gasteiger partial charge in [0.15, 0.2) is 5.82 Å². The zero-order valence-electron chi connectivity index (χ0n) is 18.9. The highest BCUT2D eigenvalue weighted by Crippen LogP contribution is 2.40. The summed E-state index contributed by atoms with van der Waals surface area (Å²) in [5.41, 5.74) is 9.18. The van der Waals surface area contributed by atoms with E-state index in [9.17, 15) is 14.3 Å². The molecule has 8 nitrogen and oxygen atoms in total. The van der Waals surface area contributed by atoms with E-state index in [-0.39, 0.29) is 24.5 Å². The van der Waals surface area contributed by atoms with Crippen molar-refractivity contribution in [3.63, 3.8) is 0 Å². The smallest absolute Gasteiger partial charge is 0.410 e. The Labute approximate surface area is 186 Å². The maximum atomic E-state index is 14.6. The highest BCUT2D eigenvalue weighted by Gasteiger charge is 2.33. The third kappa shape index (κ3) is 4.09. The van der Waals surface area contributed by atoms with Crippen LogP contribution in [0.5, 0.6) is 0 Å². The standard InChI is InChI=1S/C23H30FN5O3/c1-13-7-15(8-18(24)17(13)11-30)16-9-19(29-20(16)21(25)26-12-27-29)14-5-6-28(10-14)22(31)32-23(2,3)4/h8-9,12-14,30H,5-7,10-11H2,1-4H3,(H2,25,26,27). The molecule has 2 atom stereocenters. The number of rotatable bonds is 3. The molecule has 2 aliphatic rings. The number of anilines is 1. The number of aromatic nitrogens is 3. The molecule has 0 bridgehead atoms. The van der Waals surface area contributed by atoms with Gasteiger partial charge in [-0.2, -0.15) is 5.10 Å². The molecule has 32 heavy (non-hydrogen) atoms. The van der Waals surface area contributed by atoms with E-state index in [0.29, 0.717) is 36.4 Å². The summed E-state index contributed by atoms with van der Waals surface area (Å²) in [6.45, 7) is 8.22. The summed E-state index contributed by atoms with van der Waals surface area (Å²) in [6, 6.07) is 1.99. The number of carbonyl (C=O) groups excluding carboxylic acids is 1. The number of halogens is 1. The van der Waals surface area contributed by atoms with Crippen LogP contribution in [0.4, 0.5) is 15.0 Å². The van der Waals surface area contributed by atoms with E-state index in [1.54, 1.807) is 9.42 Å². The second-order valence-electron chi connectivity index (χ2n) is 9.61. The molecule has 1 aliphatic heterocycles. The second-order valence-corrected chi connectivity index (χ2v) is 9.61. The topological polar surface area (TPSA) is 106 Å². The monoisotopic (exact) mass is 443 g/mol. The summed E-state index contributed by atoms with van der Waals surface area (Å²) in [5.74, 6) is -0.185. The van der Waals surface area contributed by atoms with Gasteiger partial charge in [0.05, 0.1) is 6.61 Å². The van der Waals surface area contributed by atoms with Crippen molar-refractivity contribution in [2.45, 2.75) is 52.1 Å². The van der Waals surface area contributed by atoms with Crippen molar-refractivity contribution in [1.29, 1.82) is 0 Å². The maximum Gasteiger partial charge on any atom is 0.410 e. The fourth-order valence-corrected chi connectivity index (χ4v) is 4.53. The van der Waals surface area contributed by atoms with Crippen LogP contribution in [0.25, 0.3) is 11.1 Å². The number of hydrogen-bond acceptors (Lipinski definition) is 6. The number of ether oxygens (including phenoxy) is 1. The predicted octanol–water partition coefficient (Wildman–Crippen LogP) is 3.68. The normalized spacial score (nSPS) is 21.9. The first-order valence-electron chi connectivity index (χ1n) is 10.9. The molecule has 1 amide bonds. The predicted molar refractivity (Wildman–Crippen MR) is 120 cm³/mol. The van der Waals surface area contributed by atoms with Crippen LogP contribution < -0.4 is 5.73 Å². The first-order valence-corrected chi connectivity index (χ1v) is 10.9. The van der Waals surface area contributed by atoms with Crippen LogP contribution in [0.3, 0.4) is 0 Å². The molecule has 3 heterocycles. The lowest BCUT2D eigenvalue weighted by molar-refractivity contribution is 0.0292. The number of carbonyl (C=O) groups is 1. The number of amides is 1. The van der Waals surface area contributed by atoms with Gasteiger partial charge in [0.25, 0.3) is 0 Å². The Balaban J connectivity index is 1.71. The van der Waals surface area contributed by atoms with Crippen molar-refractivity contribution in [2.24, 2.45) is 5.92 Å². The fraction of sp³-hybridized carbons (Fsp3) is 0.522. The molecule has 2 unspecified atom stereocenters. The quantitative estimate of drug-likeness (QED) is 0.750. The molecular weight excluding hydrogens is 413 g/mol. The minimum atomic E-state index is -0.555. The molecule has 0 saturated carbocycles. The molecule has 2 aromatic rings. The molecule has 0 aromatic carbocycles. The molecule has 3 N–H and O–H groups in total. The molecular formula is C23H30FN5O3. The van der Waals surface area contributed by atoms with E-state index < -0.39 is 11.4 Å². The zero-order chi connectivity index (χ0) is 23.2. The van der Waals surface area contributed by atoms with Crippen molar-refractivity contribution in [3.8, 4) is 0 Å². The highest BCUT2D eigenvalue weighted by molar-refractivity contribution is 5.87. The number of nitrogens with two attached hydrogens (primary N) is 1. The van der Waals surface area contributed by atoms with Gasteiger partial charge in [-0.3, -0.25) is 0 Å². The molecule has 2 aromatic heterocycles. The first kappa shape index (κ1) is 22.3. The number of aliphatic hydroxyl groups excluding tert-OH is 1. The zero-order valence-corrected chi connectivity index (χ0v) is 18.9. The number of allylic oxidation sites excluding steroid dienone is 3. The van der Waals surface area contributed by atoms with Crippen LogP contribution in [-0.2, 0) is 4.74 Å². The van der Waals surface area contributed by atoms with Gasteiger partial charge in [-0.15, -0.1) is 0 Å². The number of likely N-dealkylation sites (tertiary alicyclic amines) is 1. The molecule has 0 radical (unpaired) electrons. The van der Waals surface area contributed by atoms with Gasteiger partial charge in [-0.1, -0.05) is 6.92 Å². The summed E-state index contributed by atoms with van der Waals surface area (Å²) >= 11 is 0. The van der Waals surface area contributed by atoms with Crippen molar-refractivity contribution >= 4 is 23.0 Å². The summed E-state index contributed by atoms with van der Waals surface area (Å²) in [5, 5.41) is 13.9. The van der Waals surface area contributed by atoms with Crippen LogP contribution in [-0.4, -0.2) is 56.0 Å². The fourth-order valence-electron chi connectivity index (χ4n) is 4.53. The van der Waals surface area contributed by atoms with Crippen LogP contribution in [0.1, 0.15) is 57.7 Å². The van der Waals surface area contributed by atoms with E-state index in [2.05, 4.69) is 10.1 Å². The van der Waals surface area contributed by atoms with Crippen LogP contribution in [0.2, 0.25) is 0 Å². The van der Waals surface area contributed by atoms with Crippen molar-refractivity contribution in [1.82, 2.24) is 19.5 Å². The van der Waals surface area contributed by atoms with Gasteiger partial charge < -0.3 is 20.5 Å². The number of hydrogen-bond donors (Lipinski definition) is 2. The number of aliphatic hydroxyl groups is 1. The molecule has 1 saturated heterocycles. The Hall–Kier alpha value is -2.94. The Morgan fingerprint density at radius 2 is 2.16 bits per heavy atom. The van der Waals surface area contributed by atoms with E-state index in [1.807, 2.05) is 33.8 Å². The molecule has 1 fully saturated rings. The summed E-state index contributed by atoms with van der Waals surface area (Å²) in [4.78, 5) is 18.4. The Bertz CT molecular complexity index is 1110. The van der Waals surface area contributed by atoms with Gasteiger partial charge in [0, 0.05) is 30.3 Å². The van der Waals surface area contributed by atoms with E-state index in [1.165, 1.54) is 12.4 Å². The Morgan fingerprint density at radius 3 is 2.81 bits per heavy atom. The lowest BCUT2D eigenvalue weighted by Crippen LogP contribution is -2.35. The van der Waals surface area contributed by atoms with Gasteiger partial charge in [0.2, 0.25) is 0 Å². The molecule has 9 heteroatoms. The van der Waals surface area contributed by atoms with E-state index >= 15 is 0 Å². The lowest BCUT2D eigenvalue weighted by atomic mass is 9.85. The molecule has 4 rings (SSSR count). The van der Waals surface area contributed by atoms with Gasteiger partial charge in [0.1, 0.15) is 23.3 Å². The van der Waals surface area contributed by atoms with Crippen molar-refractivity contribution in [3.05, 3.63) is 41.1 Å². The summed E-state index contributed by atoms with van der Waals surface area (Å²) in [7, 11) is 0. The van der Waals surface area contributed by atoms with Crippen molar-refractivity contribution < 1.29 is 19.0 Å². The summed E-state index contributed by atoms with van der Waals surface area (Å²) < 4.78 is 21.9.